The summed E-state index contributed by atoms with van der Waals surface area (Å²) < 4.78 is 5.24. The number of carbonyl (C=O) groups is 2. The molecule has 5 nitrogen and oxygen atoms in total. The number of hydrogen-bond donors (Lipinski definition) is 1. The van der Waals surface area contributed by atoms with Gasteiger partial charge < -0.3 is 10.5 Å². The molecule has 2 aromatic rings. The smallest absolute Gasteiger partial charge is 0.262 e. The Morgan fingerprint density at radius 3 is 2.70 bits per heavy atom. The van der Waals surface area contributed by atoms with Crippen LogP contribution in [0.2, 0.25) is 5.02 Å². The predicted octanol–water partition coefficient (Wildman–Crippen LogP) is 2.41. The Bertz CT molecular complexity index is 791. The van der Waals surface area contributed by atoms with Crippen molar-refractivity contribution in [3.8, 4) is 5.75 Å². The zero-order valence-corrected chi connectivity index (χ0v) is 13.2. The molecule has 23 heavy (non-hydrogen) atoms. The standard InChI is InChI=1S/C17H15ClN2O3/c1-23-15-7-6-11(18)9-12(15)17(22)20-13-5-3-2-4-10(13)8-14(20)16(19)21/h2-7,9,14H,8H2,1H3,(H2,19,21)/t14-/m0/s1. The number of anilines is 1. The molecule has 2 aromatic carbocycles. The first kappa shape index (κ1) is 15.4. The molecule has 1 aliphatic rings. The first-order chi connectivity index (χ1) is 11.0. The van der Waals surface area contributed by atoms with Crippen LogP contribution in [0.1, 0.15) is 15.9 Å². The number of ether oxygens (including phenoxy) is 1. The van der Waals surface area contributed by atoms with Gasteiger partial charge in [-0.1, -0.05) is 29.8 Å². The van der Waals surface area contributed by atoms with Gasteiger partial charge in [-0.15, -0.1) is 0 Å². The highest BCUT2D eigenvalue weighted by Gasteiger charge is 2.38. The van der Waals surface area contributed by atoms with Crippen LogP contribution in [0.4, 0.5) is 5.69 Å². The Labute approximate surface area is 138 Å². The highest BCUT2D eigenvalue weighted by Crippen LogP contribution is 2.35. The molecule has 6 heteroatoms. The molecule has 0 radical (unpaired) electrons. The Hall–Kier alpha value is -2.53. The summed E-state index contributed by atoms with van der Waals surface area (Å²) in [4.78, 5) is 26.3. The molecule has 0 saturated heterocycles. The van der Waals surface area contributed by atoms with Crippen LogP contribution in [-0.4, -0.2) is 25.0 Å². The van der Waals surface area contributed by atoms with Crippen molar-refractivity contribution in [2.75, 3.05) is 12.0 Å². The fraction of sp³-hybridized carbons (Fsp3) is 0.176. The molecule has 1 aliphatic heterocycles. The van der Waals surface area contributed by atoms with E-state index >= 15 is 0 Å². The zero-order chi connectivity index (χ0) is 16.6. The number of methoxy groups -OCH3 is 1. The van der Waals surface area contributed by atoms with E-state index in [-0.39, 0.29) is 5.91 Å². The summed E-state index contributed by atoms with van der Waals surface area (Å²) in [7, 11) is 1.48. The van der Waals surface area contributed by atoms with E-state index in [9.17, 15) is 9.59 Å². The third kappa shape index (κ3) is 2.64. The Kier molecular flexibility index (Phi) is 3.96. The van der Waals surface area contributed by atoms with Gasteiger partial charge >= 0.3 is 0 Å². The van der Waals surface area contributed by atoms with Gasteiger partial charge in [0.1, 0.15) is 11.8 Å². The summed E-state index contributed by atoms with van der Waals surface area (Å²) in [6, 6.07) is 11.4. The average Bonchev–Trinajstić information content (AvgIpc) is 2.94. The predicted molar refractivity (Wildman–Crippen MR) is 87.9 cm³/mol. The van der Waals surface area contributed by atoms with Crippen LogP contribution in [-0.2, 0) is 11.2 Å². The lowest BCUT2D eigenvalue weighted by Gasteiger charge is -2.24. The van der Waals surface area contributed by atoms with Crippen LogP contribution in [0.15, 0.2) is 42.5 Å². The molecule has 0 spiro atoms. The van der Waals surface area contributed by atoms with E-state index in [1.54, 1.807) is 18.2 Å². The Morgan fingerprint density at radius 1 is 1.26 bits per heavy atom. The molecule has 0 bridgehead atoms. The molecule has 0 fully saturated rings. The van der Waals surface area contributed by atoms with E-state index in [2.05, 4.69) is 0 Å². The molecule has 3 rings (SSSR count). The maximum absolute atomic E-state index is 13.0. The minimum absolute atomic E-state index is 0.294. The number of rotatable bonds is 3. The maximum Gasteiger partial charge on any atom is 0.262 e. The summed E-state index contributed by atoms with van der Waals surface area (Å²) >= 11 is 6.01. The molecule has 0 saturated carbocycles. The topological polar surface area (TPSA) is 72.6 Å². The van der Waals surface area contributed by atoms with Crippen LogP contribution in [0.3, 0.4) is 0 Å². The first-order valence-corrected chi connectivity index (χ1v) is 7.45. The maximum atomic E-state index is 13.0. The second-order valence-corrected chi connectivity index (χ2v) is 5.71. The molecule has 0 aromatic heterocycles. The van der Waals surface area contributed by atoms with E-state index in [0.717, 1.165) is 5.56 Å². The van der Waals surface area contributed by atoms with Crippen molar-refractivity contribution in [2.24, 2.45) is 5.73 Å². The molecule has 1 heterocycles. The number of benzene rings is 2. The largest absolute Gasteiger partial charge is 0.496 e. The van der Waals surface area contributed by atoms with Crippen LogP contribution in [0, 0.1) is 0 Å². The second kappa shape index (κ2) is 5.93. The van der Waals surface area contributed by atoms with Gasteiger partial charge in [-0.3, -0.25) is 14.5 Å². The number of carbonyl (C=O) groups excluding carboxylic acids is 2. The molecule has 1 atom stereocenters. The van der Waals surface area contributed by atoms with Crippen LogP contribution >= 0.6 is 11.6 Å². The lowest BCUT2D eigenvalue weighted by molar-refractivity contribution is -0.119. The van der Waals surface area contributed by atoms with Gasteiger partial charge in [-0.25, -0.2) is 0 Å². The number of nitrogens with zero attached hydrogens (tertiary/aromatic N) is 1. The summed E-state index contributed by atoms with van der Waals surface area (Å²) in [6.07, 6.45) is 0.403. The summed E-state index contributed by atoms with van der Waals surface area (Å²) in [6.45, 7) is 0. The Morgan fingerprint density at radius 2 is 2.00 bits per heavy atom. The minimum atomic E-state index is -0.719. The monoisotopic (exact) mass is 330 g/mol. The van der Waals surface area contributed by atoms with E-state index in [4.69, 9.17) is 22.1 Å². The zero-order valence-electron chi connectivity index (χ0n) is 12.5. The molecular weight excluding hydrogens is 316 g/mol. The normalized spacial score (nSPS) is 16.1. The van der Waals surface area contributed by atoms with Gasteiger partial charge in [0, 0.05) is 17.1 Å². The summed E-state index contributed by atoms with van der Waals surface area (Å²) in [5.74, 6) is -0.513. The van der Waals surface area contributed by atoms with Crippen LogP contribution in [0.25, 0.3) is 0 Å². The third-order valence-electron chi connectivity index (χ3n) is 3.92. The lowest BCUT2D eigenvalue weighted by Crippen LogP contribution is -2.46. The number of para-hydroxylation sites is 1. The minimum Gasteiger partial charge on any atom is -0.496 e. The number of nitrogens with two attached hydrogens (primary N) is 1. The fourth-order valence-corrected chi connectivity index (χ4v) is 3.01. The Balaban J connectivity index is 2.10. The van der Waals surface area contributed by atoms with Gasteiger partial charge in [0.15, 0.2) is 0 Å². The highest BCUT2D eigenvalue weighted by molar-refractivity contribution is 6.31. The molecular formula is C17H15ClN2O3. The summed E-state index contributed by atoms with van der Waals surface area (Å²) in [5, 5.41) is 0.414. The van der Waals surface area contributed by atoms with Gasteiger partial charge in [-0.2, -0.15) is 0 Å². The van der Waals surface area contributed by atoms with Crippen LogP contribution < -0.4 is 15.4 Å². The van der Waals surface area contributed by atoms with Gasteiger partial charge in [0.05, 0.1) is 12.7 Å². The molecule has 118 valence electrons. The number of primary amides is 1. The molecule has 0 unspecified atom stereocenters. The number of amides is 2. The molecule has 0 aliphatic carbocycles. The van der Waals surface area contributed by atoms with Gasteiger partial charge in [0.25, 0.3) is 5.91 Å². The lowest BCUT2D eigenvalue weighted by atomic mass is 10.1. The van der Waals surface area contributed by atoms with E-state index in [1.807, 2.05) is 18.2 Å². The van der Waals surface area contributed by atoms with E-state index < -0.39 is 11.9 Å². The van der Waals surface area contributed by atoms with E-state index in [1.165, 1.54) is 18.1 Å². The fourth-order valence-electron chi connectivity index (χ4n) is 2.84. The number of hydrogen-bond acceptors (Lipinski definition) is 3. The van der Waals surface area contributed by atoms with Crippen molar-refractivity contribution in [3.05, 3.63) is 58.6 Å². The number of halogens is 1. The highest BCUT2D eigenvalue weighted by atomic mass is 35.5. The molecule has 2 N–H and O–H groups in total. The van der Waals surface area contributed by atoms with Crippen LogP contribution in [0.5, 0.6) is 5.75 Å². The van der Waals surface area contributed by atoms with Crippen molar-refractivity contribution in [3.63, 3.8) is 0 Å². The third-order valence-corrected chi connectivity index (χ3v) is 4.15. The van der Waals surface area contributed by atoms with Gasteiger partial charge in [-0.05, 0) is 29.8 Å². The molecule has 2 amide bonds. The quantitative estimate of drug-likeness (QED) is 0.939. The average molecular weight is 331 g/mol. The van der Waals surface area contributed by atoms with Crippen molar-refractivity contribution < 1.29 is 14.3 Å². The van der Waals surface area contributed by atoms with Crippen molar-refractivity contribution >= 4 is 29.1 Å². The van der Waals surface area contributed by atoms with E-state index in [0.29, 0.717) is 28.4 Å². The summed E-state index contributed by atoms with van der Waals surface area (Å²) in [5.41, 5.74) is 7.38. The first-order valence-electron chi connectivity index (χ1n) is 7.07. The number of fused-ring (bicyclic) bond motifs is 1. The van der Waals surface area contributed by atoms with Gasteiger partial charge in [0.2, 0.25) is 5.91 Å². The van der Waals surface area contributed by atoms with Crippen molar-refractivity contribution in [1.29, 1.82) is 0 Å². The second-order valence-electron chi connectivity index (χ2n) is 5.27. The van der Waals surface area contributed by atoms with Crippen molar-refractivity contribution in [1.82, 2.24) is 0 Å². The SMILES string of the molecule is COc1ccc(Cl)cc1C(=O)N1c2ccccc2C[C@H]1C(N)=O. The van der Waals surface area contributed by atoms with Crippen molar-refractivity contribution in [2.45, 2.75) is 12.5 Å².